The molecule has 1 saturated heterocycles. The summed E-state index contributed by atoms with van der Waals surface area (Å²) in [6.07, 6.45) is 0. The first-order chi connectivity index (χ1) is 10.7. The van der Waals surface area contributed by atoms with Crippen molar-refractivity contribution in [2.75, 3.05) is 26.2 Å². The van der Waals surface area contributed by atoms with E-state index in [9.17, 15) is 14.0 Å². The van der Waals surface area contributed by atoms with Crippen molar-refractivity contribution in [1.29, 1.82) is 0 Å². The van der Waals surface area contributed by atoms with Crippen molar-refractivity contribution in [3.8, 4) is 0 Å². The number of hydrogen-bond acceptors (Lipinski definition) is 4. The fourth-order valence-electron chi connectivity index (χ4n) is 2.08. The summed E-state index contributed by atoms with van der Waals surface area (Å²) in [6, 6.07) is 4.35. The molecule has 0 spiro atoms. The average Bonchev–Trinajstić information content (AvgIpc) is 2.49. The molecule has 1 heterocycles. The highest BCUT2D eigenvalue weighted by Gasteiger charge is 2.29. The molecule has 0 atom stereocenters. The predicted molar refractivity (Wildman–Crippen MR) is 84.4 cm³/mol. The second-order valence-electron chi connectivity index (χ2n) is 6.45. The predicted octanol–water partition coefficient (Wildman–Crippen LogP) is 2.74. The first-order valence-corrected chi connectivity index (χ1v) is 7.78. The van der Waals surface area contributed by atoms with Gasteiger partial charge in [0.25, 0.3) is 5.91 Å². The molecule has 0 N–H and O–H groups in total. The van der Waals surface area contributed by atoms with Gasteiger partial charge in [0.05, 0.1) is 29.1 Å². The molecule has 1 aliphatic rings. The van der Waals surface area contributed by atoms with Gasteiger partial charge in [-0.05, 0) is 32.9 Å². The maximum Gasteiger partial charge on any atom is 0.330 e. The van der Waals surface area contributed by atoms with Crippen LogP contribution in [0.1, 0.15) is 31.1 Å². The first kappa shape index (κ1) is 17.7. The summed E-state index contributed by atoms with van der Waals surface area (Å²) in [6.45, 7) is 6.79. The molecule has 1 aromatic rings. The third kappa shape index (κ3) is 4.20. The molecule has 1 aliphatic heterocycles. The van der Waals surface area contributed by atoms with Crippen LogP contribution in [0.4, 0.5) is 4.39 Å². The van der Waals surface area contributed by atoms with Crippen molar-refractivity contribution in [2.24, 2.45) is 5.41 Å². The van der Waals surface area contributed by atoms with E-state index in [1.807, 2.05) is 0 Å². The quantitative estimate of drug-likeness (QED) is 0.829. The van der Waals surface area contributed by atoms with E-state index in [1.54, 1.807) is 26.8 Å². The normalized spacial score (nSPS) is 16.3. The van der Waals surface area contributed by atoms with Gasteiger partial charge < -0.3 is 9.74 Å². The first-order valence-electron chi connectivity index (χ1n) is 7.41. The molecule has 7 heteroatoms. The van der Waals surface area contributed by atoms with Gasteiger partial charge in [0, 0.05) is 13.1 Å². The van der Waals surface area contributed by atoms with E-state index in [1.165, 1.54) is 22.1 Å². The number of piperazine rings is 1. The third-order valence-corrected chi connectivity index (χ3v) is 3.82. The summed E-state index contributed by atoms with van der Waals surface area (Å²) in [4.78, 5) is 31.0. The molecule has 0 radical (unpaired) electrons. The highest BCUT2D eigenvalue weighted by Crippen LogP contribution is 2.21. The Kier molecular flexibility index (Phi) is 5.26. The van der Waals surface area contributed by atoms with Gasteiger partial charge in [-0.15, -0.1) is 5.06 Å². The highest BCUT2D eigenvalue weighted by molar-refractivity contribution is 6.31. The molecule has 1 fully saturated rings. The van der Waals surface area contributed by atoms with E-state index >= 15 is 0 Å². The Balaban J connectivity index is 1.95. The van der Waals surface area contributed by atoms with Crippen LogP contribution in [0.25, 0.3) is 0 Å². The molecule has 0 saturated carbocycles. The van der Waals surface area contributed by atoms with Gasteiger partial charge >= 0.3 is 5.97 Å². The zero-order valence-electron chi connectivity index (χ0n) is 13.4. The van der Waals surface area contributed by atoms with Crippen LogP contribution < -0.4 is 0 Å². The smallest absolute Gasteiger partial charge is 0.330 e. The highest BCUT2D eigenvalue weighted by atomic mass is 35.5. The summed E-state index contributed by atoms with van der Waals surface area (Å²) >= 11 is 5.71. The number of benzene rings is 1. The van der Waals surface area contributed by atoms with Crippen LogP contribution in [0.3, 0.4) is 0 Å². The summed E-state index contributed by atoms with van der Waals surface area (Å²) < 4.78 is 13.9. The molecule has 1 amide bonds. The SMILES string of the molecule is CC(C)(C)C(=O)ON1CCN(C(=O)c2cccc(Cl)c2F)CC1. The van der Waals surface area contributed by atoms with Crippen LogP contribution in [0.15, 0.2) is 18.2 Å². The topological polar surface area (TPSA) is 49.9 Å². The van der Waals surface area contributed by atoms with Gasteiger partial charge in [0.1, 0.15) is 0 Å². The number of carbonyl (C=O) groups is 2. The molecule has 0 bridgehead atoms. The summed E-state index contributed by atoms with van der Waals surface area (Å²) in [5.41, 5.74) is -0.630. The van der Waals surface area contributed by atoms with Crippen LogP contribution in [0.5, 0.6) is 0 Å². The van der Waals surface area contributed by atoms with Crippen molar-refractivity contribution in [2.45, 2.75) is 20.8 Å². The van der Waals surface area contributed by atoms with E-state index in [4.69, 9.17) is 16.4 Å². The number of nitrogens with zero attached hydrogens (tertiary/aromatic N) is 2. The molecular formula is C16H20ClFN2O3. The molecule has 0 unspecified atom stereocenters. The maximum absolute atomic E-state index is 13.9. The van der Waals surface area contributed by atoms with Crippen molar-refractivity contribution >= 4 is 23.5 Å². The van der Waals surface area contributed by atoms with Crippen LogP contribution in [-0.2, 0) is 9.63 Å². The maximum atomic E-state index is 13.9. The minimum atomic E-state index is -0.708. The van der Waals surface area contributed by atoms with Crippen molar-refractivity contribution in [3.05, 3.63) is 34.6 Å². The Morgan fingerprint density at radius 3 is 2.35 bits per heavy atom. The lowest BCUT2D eigenvalue weighted by molar-refractivity contribution is -0.205. The number of rotatable bonds is 2. The largest absolute Gasteiger partial charge is 0.367 e. The summed E-state index contributed by atoms with van der Waals surface area (Å²) in [5.74, 6) is -1.44. The van der Waals surface area contributed by atoms with E-state index < -0.39 is 17.1 Å². The summed E-state index contributed by atoms with van der Waals surface area (Å²) in [7, 11) is 0. The number of carbonyl (C=O) groups excluding carboxylic acids is 2. The molecule has 1 aromatic carbocycles. The van der Waals surface area contributed by atoms with Crippen LogP contribution in [0, 0.1) is 11.2 Å². The second-order valence-corrected chi connectivity index (χ2v) is 6.86. The average molecular weight is 343 g/mol. The minimum Gasteiger partial charge on any atom is -0.367 e. The lowest BCUT2D eigenvalue weighted by Gasteiger charge is -2.34. The van der Waals surface area contributed by atoms with Gasteiger partial charge in [-0.25, -0.2) is 9.18 Å². The molecule has 23 heavy (non-hydrogen) atoms. The van der Waals surface area contributed by atoms with Crippen molar-refractivity contribution in [1.82, 2.24) is 9.96 Å². The minimum absolute atomic E-state index is 0.0439. The number of hydroxylamine groups is 2. The van der Waals surface area contributed by atoms with Gasteiger partial charge in [-0.2, -0.15) is 0 Å². The molecule has 2 rings (SSSR count). The van der Waals surface area contributed by atoms with E-state index in [0.717, 1.165) is 0 Å². The van der Waals surface area contributed by atoms with Gasteiger partial charge in [-0.3, -0.25) is 4.79 Å². The Labute approximate surface area is 139 Å². The molecule has 0 aliphatic carbocycles. The summed E-state index contributed by atoms with van der Waals surface area (Å²) in [5, 5.41) is 1.46. The lowest BCUT2D eigenvalue weighted by atomic mass is 9.98. The zero-order chi connectivity index (χ0) is 17.2. The Hall–Kier alpha value is -1.66. The Morgan fingerprint density at radius 1 is 1.17 bits per heavy atom. The monoisotopic (exact) mass is 342 g/mol. The zero-order valence-corrected chi connectivity index (χ0v) is 14.2. The number of amides is 1. The van der Waals surface area contributed by atoms with Crippen molar-refractivity contribution in [3.63, 3.8) is 0 Å². The number of halogens is 2. The fourth-order valence-corrected chi connectivity index (χ4v) is 2.25. The second kappa shape index (κ2) is 6.84. The van der Waals surface area contributed by atoms with E-state index in [2.05, 4.69) is 0 Å². The Morgan fingerprint density at radius 2 is 1.78 bits per heavy atom. The molecule has 5 nitrogen and oxygen atoms in total. The van der Waals surface area contributed by atoms with Crippen molar-refractivity contribution < 1.29 is 18.8 Å². The number of hydrogen-bond donors (Lipinski definition) is 0. The van der Waals surface area contributed by atoms with Crippen LogP contribution in [0.2, 0.25) is 5.02 Å². The Bertz CT molecular complexity index is 608. The molecule has 126 valence electrons. The van der Waals surface area contributed by atoms with Crippen LogP contribution in [-0.4, -0.2) is 48.0 Å². The van der Waals surface area contributed by atoms with Crippen LogP contribution >= 0.6 is 11.6 Å². The van der Waals surface area contributed by atoms with E-state index in [-0.39, 0.29) is 16.6 Å². The molecular weight excluding hydrogens is 323 g/mol. The molecule has 0 aromatic heterocycles. The standard InChI is InChI=1S/C16H20ClFN2O3/c1-16(2,3)15(22)23-20-9-7-19(8-10-20)14(21)11-5-4-6-12(17)13(11)18/h4-6H,7-10H2,1-3H3. The fraction of sp³-hybridized carbons (Fsp3) is 0.500. The van der Waals surface area contributed by atoms with E-state index in [0.29, 0.717) is 26.2 Å². The van der Waals surface area contributed by atoms with Gasteiger partial charge in [-0.1, -0.05) is 17.7 Å². The lowest BCUT2D eigenvalue weighted by Crippen LogP contribution is -2.50. The third-order valence-electron chi connectivity index (χ3n) is 3.53. The van der Waals surface area contributed by atoms with Gasteiger partial charge in [0.2, 0.25) is 0 Å². The van der Waals surface area contributed by atoms with Gasteiger partial charge in [0.15, 0.2) is 5.82 Å².